The molecule has 0 saturated heterocycles. The van der Waals surface area contributed by atoms with Crippen molar-refractivity contribution in [1.29, 1.82) is 0 Å². The van der Waals surface area contributed by atoms with Crippen LogP contribution in [0.25, 0.3) is 0 Å². The van der Waals surface area contributed by atoms with E-state index in [-0.39, 0.29) is 11.7 Å². The number of hydrogen-bond donors (Lipinski definition) is 0. The summed E-state index contributed by atoms with van der Waals surface area (Å²) in [6.45, 7) is 6.40. The van der Waals surface area contributed by atoms with Crippen molar-refractivity contribution in [1.82, 2.24) is 0 Å². The van der Waals surface area contributed by atoms with Gasteiger partial charge in [0.2, 0.25) is 0 Å². The monoisotopic (exact) mass is 290 g/mol. The van der Waals surface area contributed by atoms with Gasteiger partial charge in [0.05, 0.1) is 0 Å². The lowest BCUT2D eigenvalue weighted by atomic mass is 9.91. The van der Waals surface area contributed by atoms with Gasteiger partial charge in [0.1, 0.15) is 5.82 Å². The van der Waals surface area contributed by atoms with Crippen LogP contribution in [0.1, 0.15) is 43.4 Å². The molecule has 2 aromatic rings. The largest absolute Gasteiger partial charge is 0.207 e. The van der Waals surface area contributed by atoms with E-state index in [1.165, 1.54) is 11.6 Å². The van der Waals surface area contributed by atoms with Gasteiger partial charge in [-0.25, -0.2) is 4.39 Å². The quantitative estimate of drug-likeness (QED) is 0.664. The molecule has 0 bridgehead atoms. The molecule has 0 nitrogen and oxygen atoms in total. The molecule has 106 valence electrons. The summed E-state index contributed by atoms with van der Waals surface area (Å²) in [5.41, 5.74) is 2.98. The molecule has 0 heterocycles. The molecule has 0 radical (unpaired) electrons. The fourth-order valence-electron chi connectivity index (χ4n) is 2.50. The molecular weight excluding hydrogens is 271 g/mol. The predicted octanol–water partition coefficient (Wildman–Crippen LogP) is 5.83. The molecule has 20 heavy (non-hydrogen) atoms. The fourth-order valence-corrected chi connectivity index (χ4v) is 2.83. The Hall–Kier alpha value is -1.34. The van der Waals surface area contributed by atoms with E-state index in [0.717, 1.165) is 12.0 Å². The van der Waals surface area contributed by atoms with Crippen LogP contribution in [-0.2, 0) is 6.42 Å². The van der Waals surface area contributed by atoms with E-state index in [2.05, 4.69) is 38.1 Å². The van der Waals surface area contributed by atoms with E-state index < -0.39 is 0 Å². The number of benzene rings is 2. The molecule has 0 saturated carbocycles. The maximum absolute atomic E-state index is 14.0. The summed E-state index contributed by atoms with van der Waals surface area (Å²) in [5.74, 6) is 0.354. The van der Waals surface area contributed by atoms with Gasteiger partial charge in [-0.3, -0.25) is 0 Å². The van der Waals surface area contributed by atoms with Gasteiger partial charge in [0.15, 0.2) is 0 Å². The molecule has 1 unspecified atom stereocenters. The molecule has 0 aliphatic rings. The lowest BCUT2D eigenvalue weighted by Gasteiger charge is -2.16. The first-order valence-corrected chi connectivity index (χ1v) is 7.39. The van der Waals surface area contributed by atoms with Crippen LogP contribution < -0.4 is 0 Å². The van der Waals surface area contributed by atoms with Crippen LogP contribution in [0.4, 0.5) is 4.39 Å². The van der Waals surface area contributed by atoms with Gasteiger partial charge in [-0.1, -0.05) is 62.7 Å². The van der Waals surface area contributed by atoms with E-state index in [1.807, 2.05) is 6.92 Å². The number of rotatable bonds is 4. The molecule has 0 aliphatic heterocycles. The maximum Gasteiger partial charge on any atom is 0.128 e. The first-order chi connectivity index (χ1) is 9.49. The smallest absolute Gasteiger partial charge is 0.128 e. The Labute approximate surface area is 125 Å². The second-order valence-electron chi connectivity index (χ2n) is 5.70. The third-order valence-corrected chi connectivity index (χ3v) is 3.89. The Kier molecular flexibility index (Phi) is 4.82. The molecule has 2 aromatic carbocycles. The highest BCUT2D eigenvalue weighted by Gasteiger charge is 2.16. The average Bonchev–Trinajstić information content (AvgIpc) is 2.38. The van der Waals surface area contributed by atoms with Crippen molar-refractivity contribution < 1.29 is 4.39 Å². The highest BCUT2D eigenvalue weighted by atomic mass is 35.5. The van der Waals surface area contributed by atoms with Gasteiger partial charge in [-0.05, 0) is 35.6 Å². The van der Waals surface area contributed by atoms with Crippen molar-refractivity contribution in [2.45, 2.75) is 33.1 Å². The molecule has 0 amide bonds. The average molecular weight is 291 g/mol. The Morgan fingerprint density at radius 3 is 2.20 bits per heavy atom. The van der Waals surface area contributed by atoms with E-state index >= 15 is 0 Å². The molecule has 0 spiro atoms. The number of hydrogen-bond acceptors (Lipinski definition) is 0. The Balaban J connectivity index is 2.27. The van der Waals surface area contributed by atoms with Gasteiger partial charge in [-0.2, -0.15) is 0 Å². The van der Waals surface area contributed by atoms with Crippen molar-refractivity contribution in [3.63, 3.8) is 0 Å². The van der Waals surface area contributed by atoms with Gasteiger partial charge < -0.3 is 0 Å². The Morgan fingerprint density at radius 2 is 1.65 bits per heavy atom. The second-order valence-corrected chi connectivity index (χ2v) is 6.10. The molecule has 0 N–H and O–H groups in total. The van der Waals surface area contributed by atoms with Crippen LogP contribution >= 0.6 is 11.6 Å². The first kappa shape index (κ1) is 15.1. The van der Waals surface area contributed by atoms with E-state index in [0.29, 0.717) is 16.5 Å². The van der Waals surface area contributed by atoms with E-state index in [9.17, 15) is 4.39 Å². The van der Waals surface area contributed by atoms with Crippen molar-refractivity contribution in [3.05, 3.63) is 70.0 Å². The molecule has 1 atom stereocenters. The zero-order valence-corrected chi connectivity index (χ0v) is 12.9. The zero-order valence-electron chi connectivity index (χ0n) is 12.2. The topological polar surface area (TPSA) is 0 Å². The third kappa shape index (κ3) is 3.40. The molecular formula is C18H20ClF. The summed E-state index contributed by atoms with van der Waals surface area (Å²) in [6.07, 6.45) is 1.06. The molecule has 2 heteroatoms. The fraction of sp³-hybridized carbons (Fsp3) is 0.333. The summed E-state index contributed by atoms with van der Waals surface area (Å²) in [4.78, 5) is 0. The predicted molar refractivity (Wildman–Crippen MR) is 83.9 cm³/mol. The van der Waals surface area contributed by atoms with Crippen LogP contribution in [0.5, 0.6) is 0 Å². The minimum atomic E-state index is -0.240. The summed E-state index contributed by atoms with van der Waals surface area (Å²) < 4.78 is 14.0. The van der Waals surface area contributed by atoms with Crippen LogP contribution in [0.3, 0.4) is 0 Å². The number of halogens is 2. The maximum atomic E-state index is 14.0. The summed E-state index contributed by atoms with van der Waals surface area (Å²) in [7, 11) is 0. The van der Waals surface area contributed by atoms with Crippen LogP contribution in [0.2, 0.25) is 5.02 Å². The van der Waals surface area contributed by atoms with Gasteiger partial charge in [0.25, 0.3) is 0 Å². The van der Waals surface area contributed by atoms with Gasteiger partial charge in [0, 0.05) is 16.5 Å². The second kappa shape index (κ2) is 6.41. The minimum absolute atomic E-state index is 0.0446. The molecule has 2 rings (SSSR count). The zero-order chi connectivity index (χ0) is 14.7. The summed E-state index contributed by atoms with van der Waals surface area (Å²) >= 11 is 6.13. The van der Waals surface area contributed by atoms with E-state index in [4.69, 9.17) is 11.6 Å². The standard InChI is InChI=1S/C18H20ClF/c1-12(2)11-14-7-9-15(10-8-14)13(3)18-16(19)5-4-6-17(18)20/h4-10,12-13H,11H2,1-3H3. The summed E-state index contributed by atoms with van der Waals surface area (Å²) in [5, 5.41) is 0.490. The highest BCUT2D eigenvalue weighted by molar-refractivity contribution is 6.31. The van der Waals surface area contributed by atoms with Crippen LogP contribution in [-0.4, -0.2) is 0 Å². The summed E-state index contributed by atoms with van der Waals surface area (Å²) in [6, 6.07) is 13.2. The van der Waals surface area contributed by atoms with Gasteiger partial charge in [-0.15, -0.1) is 0 Å². The van der Waals surface area contributed by atoms with E-state index in [1.54, 1.807) is 12.1 Å². The van der Waals surface area contributed by atoms with Crippen molar-refractivity contribution in [2.75, 3.05) is 0 Å². The molecule has 0 aliphatic carbocycles. The highest BCUT2D eigenvalue weighted by Crippen LogP contribution is 2.32. The lowest BCUT2D eigenvalue weighted by Crippen LogP contribution is -2.01. The SMILES string of the molecule is CC(C)Cc1ccc(C(C)c2c(F)cccc2Cl)cc1. The first-order valence-electron chi connectivity index (χ1n) is 7.01. The third-order valence-electron chi connectivity index (χ3n) is 3.56. The van der Waals surface area contributed by atoms with Gasteiger partial charge >= 0.3 is 0 Å². The normalized spacial score (nSPS) is 12.7. The van der Waals surface area contributed by atoms with Crippen LogP contribution in [0.15, 0.2) is 42.5 Å². The molecule has 0 fully saturated rings. The Bertz CT molecular complexity index is 552. The lowest BCUT2D eigenvalue weighted by molar-refractivity contribution is 0.603. The van der Waals surface area contributed by atoms with Crippen molar-refractivity contribution >= 4 is 11.6 Å². The van der Waals surface area contributed by atoms with Crippen molar-refractivity contribution in [3.8, 4) is 0 Å². The van der Waals surface area contributed by atoms with Crippen molar-refractivity contribution in [2.24, 2.45) is 5.92 Å². The van der Waals surface area contributed by atoms with Crippen LogP contribution in [0, 0.1) is 11.7 Å². The minimum Gasteiger partial charge on any atom is -0.207 e. The Morgan fingerprint density at radius 1 is 1.00 bits per heavy atom. The molecule has 0 aromatic heterocycles.